The van der Waals surface area contributed by atoms with Crippen LogP contribution in [0.1, 0.15) is 28.9 Å². The van der Waals surface area contributed by atoms with Gasteiger partial charge < -0.3 is 10.2 Å². The van der Waals surface area contributed by atoms with E-state index in [1.807, 2.05) is 63.4 Å². The van der Waals surface area contributed by atoms with Crippen LogP contribution in [0.5, 0.6) is 0 Å². The molecule has 0 saturated heterocycles. The fourth-order valence-electron chi connectivity index (χ4n) is 1.95. The van der Waals surface area contributed by atoms with E-state index in [1.165, 1.54) is 0 Å². The maximum atomic E-state index is 12.3. The summed E-state index contributed by atoms with van der Waals surface area (Å²) in [6.45, 7) is 1.95. The predicted octanol–water partition coefficient (Wildman–Crippen LogP) is 1.98. The largest absolute Gasteiger partial charge is 0.378 e. The van der Waals surface area contributed by atoms with Crippen molar-refractivity contribution in [3.8, 4) is 0 Å². The Morgan fingerprint density at radius 3 is 2.75 bits per heavy atom. The Hall–Kier alpha value is -2.30. The Bertz CT molecular complexity index is 603. The maximum Gasteiger partial charge on any atom is 0.251 e. The predicted molar refractivity (Wildman–Crippen MR) is 79.9 cm³/mol. The number of hydrogen-bond donors (Lipinski definition) is 1. The van der Waals surface area contributed by atoms with Crippen LogP contribution in [0.25, 0.3) is 0 Å². The molecule has 2 rings (SSSR count). The van der Waals surface area contributed by atoms with Crippen LogP contribution in [-0.4, -0.2) is 29.8 Å². The zero-order valence-corrected chi connectivity index (χ0v) is 12.3. The van der Waals surface area contributed by atoms with Gasteiger partial charge in [0.1, 0.15) is 0 Å². The number of amides is 1. The van der Waals surface area contributed by atoms with Gasteiger partial charge in [-0.25, -0.2) is 0 Å². The molecule has 1 N–H and O–H groups in total. The van der Waals surface area contributed by atoms with E-state index in [0.717, 1.165) is 11.3 Å². The van der Waals surface area contributed by atoms with Crippen molar-refractivity contribution in [3.05, 3.63) is 47.8 Å². The van der Waals surface area contributed by atoms with Crippen molar-refractivity contribution >= 4 is 11.6 Å². The highest BCUT2D eigenvalue weighted by Crippen LogP contribution is 2.15. The molecule has 106 valence electrons. The van der Waals surface area contributed by atoms with Gasteiger partial charge in [0.2, 0.25) is 0 Å². The van der Waals surface area contributed by atoms with Crippen molar-refractivity contribution < 1.29 is 4.79 Å². The second kappa shape index (κ2) is 5.77. The molecule has 0 aliphatic heterocycles. The van der Waals surface area contributed by atoms with E-state index in [2.05, 4.69) is 10.4 Å². The smallest absolute Gasteiger partial charge is 0.251 e. The Morgan fingerprint density at radius 1 is 1.40 bits per heavy atom. The summed E-state index contributed by atoms with van der Waals surface area (Å²) in [7, 11) is 5.77. The first kappa shape index (κ1) is 14.1. The molecule has 1 aromatic carbocycles. The molecule has 0 saturated carbocycles. The highest BCUT2D eigenvalue weighted by Gasteiger charge is 2.13. The molecule has 0 fully saturated rings. The molecule has 1 atom stereocenters. The van der Waals surface area contributed by atoms with E-state index >= 15 is 0 Å². The summed E-state index contributed by atoms with van der Waals surface area (Å²) in [6, 6.07) is 7.49. The first-order valence-electron chi connectivity index (χ1n) is 6.54. The number of carbonyl (C=O) groups is 1. The van der Waals surface area contributed by atoms with Crippen LogP contribution < -0.4 is 10.2 Å². The molecule has 0 bridgehead atoms. The fourth-order valence-corrected chi connectivity index (χ4v) is 1.95. The second-order valence-corrected chi connectivity index (χ2v) is 5.09. The summed E-state index contributed by atoms with van der Waals surface area (Å²) in [5, 5.41) is 7.09. The van der Waals surface area contributed by atoms with Gasteiger partial charge in [0.25, 0.3) is 5.91 Å². The summed E-state index contributed by atoms with van der Waals surface area (Å²) in [6.07, 6.45) is 3.67. The van der Waals surface area contributed by atoms with Gasteiger partial charge >= 0.3 is 0 Å². The molecule has 2 aromatic rings. The standard InChI is InChI=1S/C15H20N4O/c1-11(13-9-16-19(4)10-13)17-15(20)12-6-5-7-14(8-12)18(2)3/h5-11H,1-4H3,(H,17,20). The second-order valence-electron chi connectivity index (χ2n) is 5.09. The molecule has 20 heavy (non-hydrogen) atoms. The van der Waals surface area contributed by atoms with Gasteiger partial charge in [0.05, 0.1) is 12.2 Å². The summed E-state index contributed by atoms with van der Waals surface area (Å²) in [5.74, 6) is -0.0787. The molecule has 5 nitrogen and oxygen atoms in total. The van der Waals surface area contributed by atoms with Gasteiger partial charge in [-0.15, -0.1) is 0 Å². The van der Waals surface area contributed by atoms with Crippen LogP contribution in [0, 0.1) is 0 Å². The van der Waals surface area contributed by atoms with Gasteiger partial charge in [-0.2, -0.15) is 5.10 Å². The van der Waals surface area contributed by atoms with Gasteiger partial charge in [-0.1, -0.05) is 6.07 Å². The summed E-state index contributed by atoms with van der Waals surface area (Å²) >= 11 is 0. The minimum Gasteiger partial charge on any atom is -0.378 e. The van der Waals surface area contributed by atoms with Crippen molar-refractivity contribution in [2.75, 3.05) is 19.0 Å². The third kappa shape index (κ3) is 3.17. The number of carbonyl (C=O) groups excluding carboxylic acids is 1. The molecular formula is C15H20N4O. The molecule has 0 spiro atoms. The summed E-state index contributed by atoms with van der Waals surface area (Å²) in [5.41, 5.74) is 2.66. The Balaban J connectivity index is 2.10. The van der Waals surface area contributed by atoms with E-state index in [0.29, 0.717) is 5.56 Å². The van der Waals surface area contributed by atoms with Crippen molar-refractivity contribution in [1.29, 1.82) is 0 Å². The van der Waals surface area contributed by atoms with Crippen molar-refractivity contribution in [2.24, 2.45) is 7.05 Å². The van der Waals surface area contributed by atoms with Gasteiger partial charge in [-0.3, -0.25) is 9.48 Å². The maximum absolute atomic E-state index is 12.3. The lowest BCUT2D eigenvalue weighted by Gasteiger charge is -2.15. The van der Waals surface area contributed by atoms with Crippen molar-refractivity contribution in [1.82, 2.24) is 15.1 Å². The Kier molecular flexibility index (Phi) is 4.08. The normalized spacial score (nSPS) is 12.0. The molecule has 1 aromatic heterocycles. The first-order valence-corrected chi connectivity index (χ1v) is 6.54. The fraction of sp³-hybridized carbons (Fsp3) is 0.333. The van der Waals surface area contributed by atoms with Crippen molar-refractivity contribution in [3.63, 3.8) is 0 Å². The number of aromatic nitrogens is 2. The zero-order valence-electron chi connectivity index (χ0n) is 12.3. The highest BCUT2D eigenvalue weighted by molar-refractivity contribution is 5.95. The van der Waals surface area contributed by atoms with Crippen molar-refractivity contribution in [2.45, 2.75) is 13.0 Å². The lowest BCUT2D eigenvalue weighted by molar-refractivity contribution is 0.0940. The van der Waals surface area contributed by atoms with E-state index in [-0.39, 0.29) is 11.9 Å². The average Bonchev–Trinajstić information content (AvgIpc) is 2.85. The molecule has 0 aliphatic carbocycles. The number of anilines is 1. The molecular weight excluding hydrogens is 252 g/mol. The lowest BCUT2D eigenvalue weighted by Crippen LogP contribution is -2.26. The summed E-state index contributed by atoms with van der Waals surface area (Å²) < 4.78 is 1.73. The molecule has 1 heterocycles. The van der Waals surface area contributed by atoms with Crippen LogP contribution in [0.3, 0.4) is 0 Å². The van der Waals surface area contributed by atoms with E-state index in [4.69, 9.17) is 0 Å². The lowest BCUT2D eigenvalue weighted by atomic mass is 10.1. The van der Waals surface area contributed by atoms with Crippen LogP contribution in [0.2, 0.25) is 0 Å². The van der Waals surface area contributed by atoms with Crippen LogP contribution in [-0.2, 0) is 7.05 Å². The Morgan fingerprint density at radius 2 is 2.15 bits per heavy atom. The minimum atomic E-state index is -0.0787. The highest BCUT2D eigenvalue weighted by atomic mass is 16.1. The average molecular weight is 272 g/mol. The third-order valence-corrected chi connectivity index (χ3v) is 3.20. The van der Waals surface area contributed by atoms with Gasteiger partial charge in [0.15, 0.2) is 0 Å². The van der Waals surface area contributed by atoms with Gasteiger partial charge in [0, 0.05) is 44.2 Å². The first-order chi connectivity index (χ1) is 9.47. The van der Waals surface area contributed by atoms with E-state index in [1.54, 1.807) is 10.9 Å². The van der Waals surface area contributed by atoms with E-state index in [9.17, 15) is 4.79 Å². The number of benzene rings is 1. The number of nitrogens with one attached hydrogen (secondary N) is 1. The number of hydrogen-bond acceptors (Lipinski definition) is 3. The number of aryl methyl sites for hydroxylation is 1. The number of rotatable bonds is 4. The third-order valence-electron chi connectivity index (χ3n) is 3.20. The van der Waals surface area contributed by atoms with Crippen LogP contribution in [0.15, 0.2) is 36.7 Å². The molecule has 1 unspecified atom stereocenters. The number of nitrogens with zero attached hydrogens (tertiary/aromatic N) is 3. The minimum absolute atomic E-state index is 0.0702. The molecule has 1 amide bonds. The molecule has 0 aliphatic rings. The topological polar surface area (TPSA) is 50.2 Å². The van der Waals surface area contributed by atoms with E-state index < -0.39 is 0 Å². The molecule has 5 heteroatoms. The Labute approximate surface area is 119 Å². The van der Waals surface area contributed by atoms with Crippen LogP contribution in [0.4, 0.5) is 5.69 Å². The van der Waals surface area contributed by atoms with Crippen LogP contribution >= 0.6 is 0 Å². The SMILES string of the molecule is CC(NC(=O)c1cccc(N(C)C)c1)c1cnn(C)c1. The quantitative estimate of drug-likeness (QED) is 0.926. The summed E-state index contributed by atoms with van der Waals surface area (Å²) in [4.78, 5) is 14.2. The van der Waals surface area contributed by atoms with Gasteiger partial charge in [-0.05, 0) is 25.1 Å². The zero-order chi connectivity index (χ0) is 14.7. The molecule has 0 radical (unpaired) electrons. The monoisotopic (exact) mass is 272 g/mol.